The molecule has 0 radical (unpaired) electrons. The maximum Gasteiger partial charge on any atom is 0.101 e. The Morgan fingerprint density at radius 1 is 1.33 bits per heavy atom. The summed E-state index contributed by atoms with van der Waals surface area (Å²) in [5.41, 5.74) is 3.65. The van der Waals surface area contributed by atoms with Crippen molar-refractivity contribution < 1.29 is 0 Å². The number of nitriles is 1. The lowest BCUT2D eigenvalue weighted by atomic mass is 9.96. The molecule has 0 saturated carbocycles. The van der Waals surface area contributed by atoms with Crippen molar-refractivity contribution in [1.82, 2.24) is 5.32 Å². The number of nitrogens with one attached hydrogen (secondary N) is 1. The van der Waals surface area contributed by atoms with Crippen LogP contribution in [0.4, 0.5) is 0 Å². The van der Waals surface area contributed by atoms with Crippen LogP contribution in [0, 0.1) is 18.3 Å². The second-order valence-corrected chi connectivity index (χ2v) is 5.75. The lowest BCUT2D eigenvalue weighted by molar-refractivity contribution is 0.489. The van der Waals surface area contributed by atoms with E-state index in [2.05, 4.69) is 50.4 Å². The van der Waals surface area contributed by atoms with Crippen LogP contribution < -0.4 is 5.32 Å². The van der Waals surface area contributed by atoms with Crippen molar-refractivity contribution in [2.45, 2.75) is 52.5 Å². The number of hydrogen-bond acceptors (Lipinski definition) is 2. The Labute approximate surface area is 111 Å². The van der Waals surface area contributed by atoms with Gasteiger partial charge >= 0.3 is 0 Å². The van der Waals surface area contributed by atoms with E-state index in [0.717, 1.165) is 13.0 Å². The van der Waals surface area contributed by atoms with Crippen LogP contribution in [-0.2, 0) is 6.42 Å². The average Bonchev–Trinajstić information content (AvgIpc) is 2.31. The number of benzene rings is 1. The molecule has 0 saturated heterocycles. The normalized spacial score (nSPS) is 11.6. The van der Waals surface area contributed by atoms with Crippen molar-refractivity contribution in [3.05, 3.63) is 34.9 Å². The van der Waals surface area contributed by atoms with Crippen molar-refractivity contribution in [1.29, 1.82) is 5.26 Å². The van der Waals surface area contributed by atoms with Gasteiger partial charge in [-0.1, -0.05) is 32.0 Å². The van der Waals surface area contributed by atoms with Crippen molar-refractivity contribution in [3.63, 3.8) is 0 Å². The largest absolute Gasteiger partial charge is 0.300 e. The molecule has 1 aromatic carbocycles. The Balaban J connectivity index is 2.68. The van der Waals surface area contributed by atoms with E-state index in [1.54, 1.807) is 0 Å². The zero-order valence-corrected chi connectivity index (χ0v) is 12.2. The topological polar surface area (TPSA) is 35.8 Å². The summed E-state index contributed by atoms with van der Waals surface area (Å²) < 4.78 is 0. The maximum atomic E-state index is 8.95. The van der Waals surface area contributed by atoms with Gasteiger partial charge in [0.15, 0.2) is 0 Å². The van der Waals surface area contributed by atoms with E-state index < -0.39 is 5.54 Å². The van der Waals surface area contributed by atoms with Gasteiger partial charge in [0.1, 0.15) is 5.54 Å². The Kier molecular flexibility index (Phi) is 4.93. The summed E-state index contributed by atoms with van der Waals surface area (Å²) in [6.07, 6.45) is 0.970. The van der Waals surface area contributed by atoms with Gasteiger partial charge in [0.2, 0.25) is 0 Å². The molecule has 0 aliphatic carbocycles. The molecule has 0 spiro atoms. The molecule has 2 nitrogen and oxygen atoms in total. The summed E-state index contributed by atoms with van der Waals surface area (Å²) in [5.74, 6) is 0.563. The molecule has 1 rings (SSSR count). The van der Waals surface area contributed by atoms with Crippen LogP contribution in [0.2, 0.25) is 0 Å². The Hall–Kier alpha value is -1.33. The Bertz CT molecular complexity index is 439. The van der Waals surface area contributed by atoms with Crippen LogP contribution in [0.3, 0.4) is 0 Å². The zero-order chi connectivity index (χ0) is 13.8. The standard InChI is InChI=1S/C16H24N2/c1-12(2)14-7-6-13(3)15(10-14)8-9-18-16(4,5)11-17/h6-7,10,12,18H,8-9H2,1-5H3. The monoisotopic (exact) mass is 244 g/mol. The van der Waals surface area contributed by atoms with Crippen molar-refractivity contribution >= 4 is 0 Å². The summed E-state index contributed by atoms with van der Waals surface area (Å²) in [6.45, 7) is 11.2. The van der Waals surface area contributed by atoms with Gasteiger partial charge in [-0.2, -0.15) is 5.26 Å². The van der Waals surface area contributed by atoms with Gasteiger partial charge in [-0.15, -0.1) is 0 Å². The minimum absolute atomic E-state index is 0.441. The number of rotatable bonds is 5. The molecular formula is C16H24N2. The first-order chi connectivity index (χ1) is 8.35. The summed E-state index contributed by atoms with van der Waals surface area (Å²) in [7, 11) is 0. The molecule has 0 amide bonds. The van der Waals surface area contributed by atoms with Crippen LogP contribution in [0.15, 0.2) is 18.2 Å². The highest BCUT2D eigenvalue weighted by atomic mass is 14.9. The third-order valence-corrected chi connectivity index (χ3v) is 3.28. The van der Waals surface area contributed by atoms with Crippen LogP contribution in [0.5, 0.6) is 0 Å². The molecule has 18 heavy (non-hydrogen) atoms. The molecule has 0 bridgehead atoms. The third-order valence-electron chi connectivity index (χ3n) is 3.28. The smallest absolute Gasteiger partial charge is 0.101 e. The molecule has 0 aliphatic rings. The summed E-state index contributed by atoms with van der Waals surface area (Å²) >= 11 is 0. The third kappa shape index (κ3) is 4.16. The molecule has 1 N–H and O–H groups in total. The van der Waals surface area contributed by atoms with E-state index in [1.807, 2.05) is 13.8 Å². The van der Waals surface area contributed by atoms with Gasteiger partial charge in [0.25, 0.3) is 0 Å². The minimum atomic E-state index is -0.441. The minimum Gasteiger partial charge on any atom is -0.300 e. The molecule has 2 heteroatoms. The fourth-order valence-electron chi connectivity index (χ4n) is 1.87. The van der Waals surface area contributed by atoms with Crippen LogP contribution in [0.1, 0.15) is 50.3 Å². The van der Waals surface area contributed by atoms with Gasteiger partial charge in [-0.05, 0) is 49.8 Å². The van der Waals surface area contributed by atoms with E-state index in [1.165, 1.54) is 16.7 Å². The van der Waals surface area contributed by atoms with Gasteiger partial charge < -0.3 is 0 Å². The first kappa shape index (κ1) is 14.7. The number of nitrogens with zero attached hydrogens (tertiary/aromatic N) is 1. The maximum absolute atomic E-state index is 8.95. The molecule has 0 heterocycles. The SMILES string of the molecule is Cc1ccc(C(C)C)cc1CCNC(C)(C)C#N. The predicted octanol–water partition coefficient (Wildman–Crippen LogP) is 3.55. The molecule has 0 unspecified atom stereocenters. The first-order valence-corrected chi connectivity index (χ1v) is 6.61. The highest BCUT2D eigenvalue weighted by molar-refractivity contribution is 5.32. The van der Waals surface area contributed by atoms with Gasteiger partial charge in [-0.3, -0.25) is 5.32 Å². The van der Waals surface area contributed by atoms with Crippen molar-refractivity contribution in [3.8, 4) is 6.07 Å². The molecule has 1 aromatic rings. The van der Waals surface area contributed by atoms with Gasteiger partial charge in [-0.25, -0.2) is 0 Å². The summed E-state index contributed by atoms with van der Waals surface area (Å²) in [5, 5.41) is 12.2. The van der Waals surface area contributed by atoms with E-state index >= 15 is 0 Å². The molecular weight excluding hydrogens is 220 g/mol. The molecule has 0 aromatic heterocycles. The van der Waals surface area contributed by atoms with Gasteiger partial charge in [0, 0.05) is 6.54 Å². The lowest BCUT2D eigenvalue weighted by Gasteiger charge is -2.18. The Morgan fingerprint density at radius 2 is 2.00 bits per heavy atom. The highest BCUT2D eigenvalue weighted by Crippen LogP contribution is 2.19. The van der Waals surface area contributed by atoms with Crippen molar-refractivity contribution in [2.24, 2.45) is 0 Å². The van der Waals surface area contributed by atoms with Crippen LogP contribution in [-0.4, -0.2) is 12.1 Å². The van der Waals surface area contributed by atoms with Crippen molar-refractivity contribution in [2.75, 3.05) is 6.54 Å². The van der Waals surface area contributed by atoms with E-state index in [9.17, 15) is 0 Å². The number of hydrogen-bond donors (Lipinski definition) is 1. The molecule has 0 fully saturated rings. The first-order valence-electron chi connectivity index (χ1n) is 6.61. The highest BCUT2D eigenvalue weighted by Gasteiger charge is 2.14. The quantitative estimate of drug-likeness (QED) is 0.859. The molecule has 0 aliphatic heterocycles. The fourth-order valence-corrected chi connectivity index (χ4v) is 1.87. The predicted molar refractivity (Wildman–Crippen MR) is 76.7 cm³/mol. The molecule has 98 valence electrons. The summed E-state index contributed by atoms with van der Waals surface area (Å²) in [6, 6.07) is 8.95. The van der Waals surface area contributed by atoms with Gasteiger partial charge in [0.05, 0.1) is 6.07 Å². The fraction of sp³-hybridized carbons (Fsp3) is 0.562. The second kappa shape index (κ2) is 6.02. The summed E-state index contributed by atoms with van der Waals surface area (Å²) in [4.78, 5) is 0. The zero-order valence-electron chi connectivity index (χ0n) is 12.2. The van der Waals surface area contributed by atoms with E-state index in [-0.39, 0.29) is 0 Å². The number of aryl methyl sites for hydroxylation is 1. The Morgan fingerprint density at radius 3 is 2.56 bits per heavy atom. The van der Waals surface area contributed by atoms with Crippen LogP contribution >= 0.6 is 0 Å². The molecule has 0 atom stereocenters. The lowest BCUT2D eigenvalue weighted by Crippen LogP contribution is -2.38. The second-order valence-electron chi connectivity index (χ2n) is 5.75. The average molecular weight is 244 g/mol. The van der Waals surface area contributed by atoms with Crippen LogP contribution in [0.25, 0.3) is 0 Å². The van der Waals surface area contributed by atoms with E-state index in [0.29, 0.717) is 5.92 Å². The van der Waals surface area contributed by atoms with E-state index in [4.69, 9.17) is 5.26 Å².